The van der Waals surface area contributed by atoms with Crippen LogP contribution < -0.4 is 4.72 Å². The number of imidazole rings is 1. The van der Waals surface area contributed by atoms with Crippen LogP contribution in [0, 0.1) is 0 Å². The number of nitrogens with zero attached hydrogens (tertiary/aromatic N) is 1. The van der Waals surface area contributed by atoms with E-state index in [0.29, 0.717) is 22.6 Å². The molecule has 0 spiro atoms. The molecule has 7 heteroatoms. The Labute approximate surface area is 162 Å². The van der Waals surface area contributed by atoms with Gasteiger partial charge in [-0.3, -0.25) is 9.52 Å². The minimum Gasteiger partial charge on any atom is -0.338 e. The highest BCUT2D eigenvalue weighted by atomic mass is 32.2. The molecule has 0 saturated carbocycles. The second-order valence-corrected chi connectivity index (χ2v) is 8.02. The lowest BCUT2D eigenvalue weighted by Crippen LogP contribution is -2.14. The highest BCUT2D eigenvalue weighted by Crippen LogP contribution is 2.29. The van der Waals surface area contributed by atoms with Crippen LogP contribution >= 0.6 is 0 Å². The molecule has 0 amide bonds. The van der Waals surface area contributed by atoms with Crippen LogP contribution in [0.15, 0.2) is 77.7 Å². The molecule has 0 bridgehead atoms. The van der Waals surface area contributed by atoms with E-state index in [0.717, 1.165) is 11.0 Å². The van der Waals surface area contributed by atoms with Crippen molar-refractivity contribution in [1.29, 1.82) is 0 Å². The van der Waals surface area contributed by atoms with E-state index in [1.165, 1.54) is 31.2 Å². The predicted molar refractivity (Wildman–Crippen MR) is 109 cm³/mol. The highest BCUT2D eigenvalue weighted by molar-refractivity contribution is 7.92. The van der Waals surface area contributed by atoms with Crippen LogP contribution in [-0.2, 0) is 10.0 Å². The Morgan fingerprint density at radius 3 is 2.32 bits per heavy atom. The van der Waals surface area contributed by atoms with Crippen molar-refractivity contribution < 1.29 is 13.2 Å². The molecule has 2 N–H and O–H groups in total. The van der Waals surface area contributed by atoms with Gasteiger partial charge in [0.1, 0.15) is 5.82 Å². The van der Waals surface area contributed by atoms with Gasteiger partial charge < -0.3 is 4.98 Å². The molecule has 28 heavy (non-hydrogen) atoms. The van der Waals surface area contributed by atoms with Gasteiger partial charge in [-0.05, 0) is 43.3 Å². The number of hydrogen-bond donors (Lipinski definition) is 2. The molecule has 1 aromatic heterocycles. The van der Waals surface area contributed by atoms with Gasteiger partial charge in [-0.1, -0.05) is 36.4 Å². The van der Waals surface area contributed by atoms with E-state index in [4.69, 9.17) is 0 Å². The Balaban J connectivity index is 1.71. The van der Waals surface area contributed by atoms with Gasteiger partial charge in [-0.15, -0.1) is 0 Å². The molecule has 6 nitrogen and oxygen atoms in total. The number of carbonyl (C=O) groups excluding carboxylic acids is 1. The molecule has 4 rings (SSSR count). The maximum Gasteiger partial charge on any atom is 0.261 e. The largest absolute Gasteiger partial charge is 0.338 e. The number of fused-ring (bicyclic) bond motifs is 1. The number of aromatic nitrogens is 2. The molecule has 0 aliphatic rings. The number of anilines is 1. The van der Waals surface area contributed by atoms with Gasteiger partial charge in [0.15, 0.2) is 5.78 Å². The second-order valence-electron chi connectivity index (χ2n) is 6.33. The zero-order valence-electron chi connectivity index (χ0n) is 15.0. The Kier molecular flexibility index (Phi) is 4.44. The number of nitrogens with one attached hydrogen (secondary N) is 2. The highest BCUT2D eigenvalue weighted by Gasteiger charge is 2.18. The molecular weight excluding hydrogens is 374 g/mol. The summed E-state index contributed by atoms with van der Waals surface area (Å²) in [6, 6.07) is 20.5. The van der Waals surface area contributed by atoms with Crippen molar-refractivity contribution in [2.75, 3.05) is 4.72 Å². The van der Waals surface area contributed by atoms with Crippen LogP contribution in [0.5, 0.6) is 0 Å². The lowest BCUT2D eigenvalue weighted by atomic mass is 10.2. The van der Waals surface area contributed by atoms with Crippen molar-refractivity contribution >= 4 is 32.5 Å². The van der Waals surface area contributed by atoms with Gasteiger partial charge in [0.2, 0.25) is 0 Å². The first-order chi connectivity index (χ1) is 13.4. The first-order valence-corrected chi connectivity index (χ1v) is 10.1. The molecule has 0 unspecified atom stereocenters. The summed E-state index contributed by atoms with van der Waals surface area (Å²) >= 11 is 0. The third-order valence-electron chi connectivity index (χ3n) is 4.39. The van der Waals surface area contributed by atoms with E-state index in [1.54, 1.807) is 18.2 Å². The number of benzene rings is 3. The molecule has 140 valence electrons. The molecule has 0 atom stereocenters. The average Bonchev–Trinajstić information content (AvgIpc) is 3.12. The van der Waals surface area contributed by atoms with Gasteiger partial charge in [0, 0.05) is 11.1 Å². The molecule has 0 aliphatic carbocycles. The molecule has 1 heterocycles. The number of aromatic amines is 1. The number of H-pyrrole nitrogens is 1. The zero-order valence-corrected chi connectivity index (χ0v) is 15.8. The van der Waals surface area contributed by atoms with Crippen molar-refractivity contribution in [3.8, 4) is 11.4 Å². The van der Waals surface area contributed by atoms with E-state index < -0.39 is 10.0 Å². The lowest BCUT2D eigenvalue weighted by Gasteiger charge is -2.11. The number of carbonyl (C=O) groups is 1. The lowest BCUT2D eigenvalue weighted by molar-refractivity contribution is 0.101. The van der Waals surface area contributed by atoms with Crippen LogP contribution in [0.4, 0.5) is 5.69 Å². The Morgan fingerprint density at radius 2 is 1.61 bits per heavy atom. The third kappa shape index (κ3) is 3.39. The number of ketones is 1. The maximum atomic E-state index is 12.8. The summed E-state index contributed by atoms with van der Waals surface area (Å²) in [6.45, 7) is 1.44. The molecule has 0 aliphatic heterocycles. The monoisotopic (exact) mass is 391 g/mol. The van der Waals surface area contributed by atoms with Crippen molar-refractivity contribution in [2.24, 2.45) is 0 Å². The van der Waals surface area contributed by atoms with Crippen molar-refractivity contribution in [3.05, 3.63) is 78.4 Å². The van der Waals surface area contributed by atoms with Crippen molar-refractivity contribution in [2.45, 2.75) is 11.8 Å². The number of rotatable bonds is 5. The molecule has 3 aromatic carbocycles. The van der Waals surface area contributed by atoms with E-state index in [-0.39, 0.29) is 10.7 Å². The topological polar surface area (TPSA) is 91.9 Å². The fourth-order valence-corrected chi connectivity index (χ4v) is 4.01. The summed E-state index contributed by atoms with van der Waals surface area (Å²) in [5.41, 5.74) is 3.19. The van der Waals surface area contributed by atoms with Gasteiger partial charge >= 0.3 is 0 Å². The Morgan fingerprint density at radius 1 is 0.929 bits per heavy atom. The van der Waals surface area contributed by atoms with Crippen LogP contribution in [-0.4, -0.2) is 24.2 Å². The summed E-state index contributed by atoms with van der Waals surface area (Å²) in [7, 11) is -3.82. The summed E-state index contributed by atoms with van der Waals surface area (Å²) < 4.78 is 28.2. The molecule has 0 saturated heterocycles. The second kappa shape index (κ2) is 6.94. The smallest absolute Gasteiger partial charge is 0.261 e. The minimum atomic E-state index is -3.82. The fraction of sp³-hybridized carbons (Fsp3) is 0.0476. The summed E-state index contributed by atoms with van der Waals surface area (Å²) in [5, 5.41) is 0. The molecule has 4 aromatic rings. The molecule has 0 radical (unpaired) electrons. The molecular formula is C21H17N3O3S. The SMILES string of the molecule is CC(=O)c1ccc(S(=O)(=O)Nc2ccccc2-c2nc3ccccc3[nH]2)cc1. The summed E-state index contributed by atoms with van der Waals surface area (Å²) in [6.07, 6.45) is 0. The van der Waals surface area contributed by atoms with E-state index in [1.807, 2.05) is 30.3 Å². The number of sulfonamides is 1. The fourth-order valence-electron chi connectivity index (χ4n) is 2.93. The summed E-state index contributed by atoms with van der Waals surface area (Å²) in [4.78, 5) is 19.2. The standard InChI is InChI=1S/C21H17N3O3S/c1-14(25)15-10-12-16(13-11-15)28(26,27)24-18-7-3-2-6-17(18)21-22-19-8-4-5-9-20(19)23-21/h2-13,24H,1H3,(H,22,23). The van der Waals surface area contributed by atoms with Gasteiger partial charge in [0.05, 0.1) is 21.6 Å². The number of hydrogen-bond acceptors (Lipinski definition) is 4. The van der Waals surface area contributed by atoms with Gasteiger partial charge in [-0.25, -0.2) is 13.4 Å². The third-order valence-corrected chi connectivity index (χ3v) is 5.77. The number of para-hydroxylation sites is 3. The van der Waals surface area contributed by atoms with Crippen molar-refractivity contribution in [3.63, 3.8) is 0 Å². The normalized spacial score (nSPS) is 11.5. The maximum absolute atomic E-state index is 12.8. The van der Waals surface area contributed by atoms with Gasteiger partial charge in [-0.2, -0.15) is 0 Å². The summed E-state index contributed by atoms with van der Waals surface area (Å²) in [5.74, 6) is 0.457. The number of Topliss-reactive ketones (excluding diaryl/α,β-unsaturated/α-hetero) is 1. The Bertz CT molecular complexity index is 1240. The quantitative estimate of drug-likeness (QED) is 0.498. The van der Waals surface area contributed by atoms with Crippen molar-refractivity contribution in [1.82, 2.24) is 9.97 Å². The Hall–Kier alpha value is -3.45. The van der Waals surface area contributed by atoms with Crippen LogP contribution in [0.2, 0.25) is 0 Å². The average molecular weight is 391 g/mol. The molecule has 0 fully saturated rings. The van der Waals surface area contributed by atoms with E-state index in [2.05, 4.69) is 14.7 Å². The van der Waals surface area contributed by atoms with E-state index in [9.17, 15) is 13.2 Å². The van der Waals surface area contributed by atoms with Gasteiger partial charge in [0.25, 0.3) is 10.0 Å². The van der Waals surface area contributed by atoms with Crippen LogP contribution in [0.3, 0.4) is 0 Å². The van der Waals surface area contributed by atoms with E-state index >= 15 is 0 Å². The predicted octanol–water partition coefficient (Wildman–Crippen LogP) is 4.23. The van der Waals surface area contributed by atoms with Crippen LogP contribution in [0.25, 0.3) is 22.4 Å². The first-order valence-electron chi connectivity index (χ1n) is 8.62. The minimum absolute atomic E-state index is 0.0805. The van der Waals surface area contributed by atoms with Crippen LogP contribution in [0.1, 0.15) is 17.3 Å². The zero-order chi connectivity index (χ0) is 19.7. The first kappa shape index (κ1) is 17.9.